The number of fused-ring (bicyclic) bond motifs is 4. The summed E-state index contributed by atoms with van der Waals surface area (Å²) in [4.78, 5) is 91.9. The quantitative estimate of drug-likeness (QED) is 0.157. The summed E-state index contributed by atoms with van der Waals surface area (Å²) in [7, 11) is 0. The van der Waals surface area contributed by atoms with Crippen molar-refractivity contribution in [1.82, 2.24) is 4.98 Å². The molecular weight excluding hydrogens is 914 g/mol. The monoisotopic (exact) mass is 977 g/mol. The molecule has 0 radical (unpaired) electrons. The lowest BCUT2D eigenvalue weighted by atomic mass is 9.58. The molecule has 11 fully saturated rings. The molecule has 1 aromatic heterocycles. The number of nitrogens with one attached hydrogen (secondary N) is 1. The highest BCUT2D eigenvalue weighted by Gasteiger charge is 2.71. The molecular formula is C48H64FNO19. The number of ether oxygens (including phenoxy) is 9. The maximum absolute atomic E-state index is 14.6. The number of halogens is 1. The SMILES string of the molecule is C[C@H]1[C@H](OC(=O)CCC(=O)O[C@@H]2[C@H](OC(=O)CCC(=O)O[C@@H]3O[C@@H]4OC5(C)CCC6[C@H](C)CC[C@@H]([C@H]3C)C64OO5)[C@@H](C)O[C@@H]2c2cc(F)c(=O)[nH]c2O)O[C@@H]2OC3(C)CCC4[C@H](C)CC[C@@H]1C42OO3. The molecule has 2 N–H and O–H groups in total. The van der Waals surface area contributed by atoms with Crippen LogP contribution in [0, 0.1) is 53.2 Å². The Labute approximate surface area is 397 Å². The number of aromatic nitrogens is 1. The van der Waals surface area contributed by atoms with Gasteiger partial charge >= 0.3 is 23.9 Å². The van der Waals surface area contributed by atoms with Crippen molar-refractivity contribution < 1.29 is 90.9 Å². The van der Waals surface area contributed by atoms with Crippen molar-refractivity contribution in [2.45, 2.75) is 198 Å². The predicted molar refractivity (Wildman–Crippen MR) is 226 cm³/mol. The smallest absolute Gasteiger partial charge is 0.308 e. The van der Waals surface area contributed by atoms with Crippen molar-refractivity contribution in [2.75, 3.05) is 0 Å². The maximum atomic E-state index is 14.6. The first-order valence-corrected chi connectivity index (χ1v) is 24.7. The van der Waals surface area contributed by atoms with Crippen LogP contribution >= 0.6 is 0 Å². The maximum Gasteiger partial charge on any atom is 0.308 e. The van der Waals surface area contributed by atoms with Crippen LogP contribution in [0.1, 0.15) is 137 Å². The van der Waals surface area contributed by atoms with Gasteiger partial charge in [0, 0.05) is 42.1 Å². The first-order valence-electron chi connectivity index (χ1n) is 24.7. The van der Waals surface area contributed by atoms with Crippen molar-refractivity contribution in [2.24, 2.45) is 47.3 Å². The van der Waals surface area contributed by atoms with E-state index in [9.17, 15) is 33.5 Å². The van der Waals surface area contributed by atoms with Gasteiger partial charge < -0.3 is 47.7 Å². The molecule has 69 heavy (non-hydrogen) atoms. The Hall–Kier alpha value is -3.80. The van der Waals surface area contributed by atoms with E-state index in [0.717, 1.165) is 44.6 Å². The number of carbonyl (C=O) groups excluding carboxylic acids is 4. The molecule has 6 unspecified atom stereocenters. The first kappa shape index (κ1) is 48.8. The Morgan fingerprint density at radius 1 is 0.638 bits per heavy atom. The van der Waals surface area contributed by atoms with E-state index in [-0.39, 0.29) is 41.1 Å². The summed E-state index contributed by atoms with van der Waals surface area (Å²) >= 11 is 0. The standard InChI is InChI=1S/C48H64FNO19/c1-21-8-10-29-23(3)41(62-43-47(29)27(21)16-18-45(6,64-43)66-68-47)60-34(53)14-12-32(51)58-36-25(5)57-37(26-20-31(49)40(56)50-39(26)55)38(36)59-33(52)13-15-35(54)61-42-24(4)30-11-9-22(2)28-17-19-46(7)65-44(63-42)48(28,30)69-67-46/h20-25,27-30,36-38,41-44H,8-19H2,1-7H3,(H2,50,55,56)/t21-,22-,23-,24-,25-,27?,28?,29+,30+,36-,37-,38-,41-,42-,43-,44-,45?,46?,47?,48?/m1/s1. The van der Waals surface area contributed by atoms with Gasteiger partial charge in [0.25, 0.3) is 5.56 Å². The summed E-state index contributed by atoms with van der Waals surface area (Å²) in [5, 5.41) is 10.7. The number of hydrogen-bond donors (Lipinski definition) is 2. The summed E-state index contributed by atoms with van der Waals surface area (Å²) in [6, 6.07) is 0.727. The highest BCUT2D eigenvalue weighted by atomic mass is 19.1. The number of pyridine rings is 1. The van der Waals surface area contributed by atoms with E-state index < -0.39 is 139 Å². The summed E-state index contributed by atoms with van der Waals surface area (Å²) in [6.45, 7) is 13.3. The van der Waals surface area contributed by atoms with Gasteiger partial charge in [-0.05, 0) is 89.0 Å². The second kappa shape index (κ2) is 18.0. The van der Waals surface area contributed by atoms with Crippen LogP contribution < -0.4 is 5.56 Å². The first-order chi connectivity index (χ1) is 32.7. The minimum absolute atomic E-state index is 0.103. The van der Waals surface area contributed by atoms with E-state index >= 15 is 0 Å². The summed E-state index contributed by atoms with van der Waals surface area (Å²) in [5.41, 5.74) is -3.24. The van der Waals surface area contributed by atoms with Crippen LogP contribution in [0.3, 0.4) is 0 Å². The Morgan fingerprint density at radius 3 is 1.57 bits per heavy atom. The van der Waals surface area contributed by atoms with E-state index in [0.29, 0.717) is 24.7 Å². The van der Waals surface area contributed by atoms with Crippen molar-refractivity contribution >= 4 is 23.9 Å². The predicted octanol–water partition coefficient (Wildman–Crippen LogP) is 5.57. The Bertz CT molecular complexity index is 2250. The van der Waals surface area contributed by atoms with Crippen LogP contribution in [0.25, 0.3) is 0 Å². The van der Waals surface area contributed by atoms with E-state index in [2.05, 4.69) is 13.8 Å². The molecule has 9 saturated heterocycles. The molecule has 2 aliphatic carbocycles. The molecule has 2 saturated carbocycles. The summed E-state index contributed by atoms with van der Waals surface area (Å²) < 4.78 is 69.3. The van der Waals surface area contributed by atoms with Gasteiger partial charge in [0.2, 0.25) is 24.2 Å². The van der Waals surface area contributed by atoms with Gasteiger partial charge in [-0.2, -0.15) is 0 Å². The fraction of sp³-hybridized carbons (Fsp3) is 0.812. The van der Waals surface area contributed by atoms with Gasteiger partial charge in [0.1, 0.15) is 6.10 Å². The molecule has 21 heteroatoms. The van der Waals surface area contributed by atoms with E-state index in [1.807, 2.05) is 18.8 Å². The third-order valence-electron chi connectivity index (χ3n) is 17.0. The zero-order valence-electron chi connectivity index (χ0n) is 40.0. The lowest BCUT2D eigenvalue weighted by Crippen LogP contribution is -2.70. The van der Waals surface area contributed by atoms with Crippen LogP contribution in [-0.2, 0) is 81.4 Å². The molecule has 20 atom stereocenters. The third-order valence-corrected chi connectivity index (χ3v) is 17.0. The van der Waals surface area contributed by atoms with Gasteiger partial charge in [-0.15, -0.1) is 0 Å². The van der Waals surface area contributed by atoms with Gasteiger partial charge in [-0.25, -0.2) is 23.9 Å². The number of esters is 4. The molecule has 20 nitrogen and oxygen atoms in total. The van der Waals surface area contributed by atoms with Crippen molar-refractivity contribution in [1.29, 1.82) is 0 Å². The topological polar surface area (TPSA) is 241 Å². The molecule has 4 bridgehead atoms. The van der Waals surface area contributed by atoms with Crippen LogP contribution in [-0.4, -0.2) is 100 Å². The number of aromatic amines is 1. The van der Waals surface area contributed by atoms with E-state index in [1.165, 1.54) is 6.92 Å². The number of aromatic hydroxyl groups is 1. The number of rotatable bonds is 11. The van der Waals surface area contributed by atoms with E-state index in [4.69, 9.17) is 62.2 Å². The van der Waals surface area contributed by atoms with Gasteiger partial charge in [0.15, 0.2) is 47.7 Å². The fourth-order valence-corrected chi connectivity index (χ4v) is 13.3. The average molecular weight is 978 g/mol. The highest BCUT2D eigenvalue weighted by Crippen LogP contribution is 2.62. The highest BCUT2D eigenvalue weighted by molar-refractivity contribution is 5.79. The minimum atomic E-state index is -1.52. The second-order valence-electron chi connectivity index (χ2n) is 21.4. The zero-order chi connectivity index (χ0) is 48.9. The normalized spacial score (nSPS) is 46.1. The number of hydrogen-bond acceptors (Lipinski definition) is 19. The Kier molecular flexibility index (Phi) is 12.8. The van der Waals surface area contributed by atoms with Gasteiger partial charge in [-0.1, -0.05) is 27.7 Å². The molecule has 1 aromatic rings. The zero-order valence-corrected chi connectivity index (χ0v) is 40.0. The lowest BCUT2D eigenvalue weighted by molar-refractivity contribution is -0.576. The minimum Gasteiger partial charge on any atom is -0.494 e. The molecule has 382 valence electrons. The largest absolute Gasteiger partial charge is 0.494 e. The molecule has 10 heterocycles. The molecule has 2 spiro atoms. The van der Waals surface area contributed by atoms with Gasteiger partial charge in [-0.3, -0.25) is 29.0 Å². The van der Waals surface area contributed by atoms with Crippen LogP contribution in [0.4, 0.5) is 4.39 Å². The van der Waals surface area contributed by atoms with E-state index in [1.54, 1.807) is 13.8 Å². The second-order valence-corrected chi connectivity index (χ2v) is 21.4. The Morgan fingerprint density at radius 2 is 1.09 bits per heavy atom. The van der Waals surface area contributed by atoms with Crippen LogP contribution in [0.2, 0.25) is 0 Å². The van der Waals surface area contributed by atoms with Crippen molar-refractivity contribution in [3.8, 4) is 5.88 Å². The number of H-pyrrole nitrogens is 1. The van der Waals surface area contributed by atoms with Crippen LogP contribution in [0.5, 0.6) is 5.88 Å². The average Bonchev–Trinajstić information content (AvgIpc) is 3.47. The third kappa shape index (κ3) is 8.38. The molecule has 12 rings (SSSR count). The lowest BCUT2D eigenvalue weighted by Gasteiger charge is -2.59. The fourth-order valence-electron chi connectivity index (χ4n) is 13.3. The van der Waals surface area contributed by atoms with Crippen LogP contribution in [0.15, 0.2) is 10.9 Å². The molecule has 0 aromatic carbocycles. The molecule has 9 aliphatic heterocycles. The van der Waals surface area contributed by atoms with Crippen molar-refractivity contribution in [3.63, 3.8) is 0 Å². The Balaban J connectivity index is 0.772. The van der Waals surface area contributed by atoms with Gasteiger partial charge in [0.05, 0.1) is 31.8 Å². The summed E-state index contributed by atoms with van der Waals surface area (Å²) in [5.74, 6) is -7.39. The molecule has 11 aliphatic rings. The number of carbonyl (C=O) groups is 4. The summed E-state index contributed by atoms with van der Waals surface area (Å²) in [6.07, 6.45) is -4.59. The molecule has 0 amide bonds. The van der Waals surface area contributed by atoms with Crippen molar-refractivity contribution in [3.05, 3.63) is 27.8 Å².